The molecule has 0 radical (unpaired) electrons. The molecule has 10 heteroatoms. The van der Waals surface area contributed by atoms with Crippen molar-refractivity contribution in [2.75, 3.05) is 26.4 Å². The number of para-hydroxylation sites is 1. The fraction of sp³-hybridized carbons (Fsp3) is 0.227. The number of halogens is 1. The van der Waals surface area contributed by atoms with E-state index in [1.165, 1.54) is 0 Å². The Morgan fingerprint density at radius 1 is 1.16 bits per heavy atom. The molecule has 2 aromatic carbocycles. The first-order chi connectivity index (χ1) is 15.4. The Balaban J connectivity index is 1.73. The Kier molecular flexibility index (Phi) is 8.39. The van der Waals surface area contributed by atoms with Gasteiger partial charge in [-0.05, 0) is 77.2 Å². The van der Waals surface area contributed by atoms with E-state index in [2.05, 4.69) is 0 Å². The molecule has 0 bridgehead atoms. The van der Waals surface area contributed by atoms with Gasteiger partial charge in [0.1, 0.15) is 12.4 Å². The quantitative estimate of drug-likeness (QED) is 0.335. The number of imide groups is 1. The highest BCUT2D eigenvalue weighted by molar-refractivity contribution is 14.1. The number of carbonyl (C=O) groups is 3. The van der Waals surface area contributed by atoms with Gasteiger partial charge < -0.3 is 19.3 Å². The number of benzene rings is 2. The van der Waals surface area contributed by atoms with Crippen LogP contribution in [0.3, 0.4) is 0 Å². The lowest BCUT2D eigenvalue weighted by molar-refractivity contribution is -0.139. The van der Waals surface area contributed by atoms with E-state index >= 15 is 0 Å². The van der Waals surface area contributed by atoms with Crippen molar-refractivity contribution in [3.63, 3.8) is 0 Å². The third kappa shape index (κ3) is 6.16. The van der Waals surface area contributed by atoms with Crippen molar-refractivity contribution in [3.05, 3.63) is 56.5 Å². The molecule has 1 saturated heterocycles. The lowest BCUT2D eigenvalue weighted by Crippen LogP contribution is -2.32. The molecule has 3 rings (SSSR count). The van der Waals surface area contributed by atoms with Gasteiger partial charge in [0.05, 0.1) is 21.6 Å². The zero-order chi connectivity index (χ0) is 23.1. The third-order valence-electron chi connectivity index (χ3n) is 4.17. The number of carboxylic acids is 1. The normalized spacial score (nSPS) is 14.7. The molecule has 1 aliphatic rings. The summed E-state index contributed by atoms with van der Waals surface area (Å²) < 4.78 is 17.1. The molecule has 0 aromatic heterocycles. The van der Waals surface area contributed by atoms with Crippen molar-refractivity contribution in [1.29, 1.82) is 0 Å². The number of hydrogen-bond acceptors (Lipinski definition) is 7. The van der Waals surface area contributed by atoms with Crippen molar-refractivity contribution < 1.29 is 33.7 Å². The average molecular weight is 569 g/mol. The minimum absolute atomic E-state index is 0.139. The first kappa shape index (κ1) is 23.9. The SMILES string of the molecule is CCOc1cc(/C=C2\SC(=O)N(CCOc3ccccc3)C2=O)cc(I)c1OCC(=O)O. The Morgan fingerprint density at radius 3 is 2.59 bits per heavy atom. The zero-order valence-corrected chi connectivity index (χ0v) is 20.1. The van der Waals surface area contributed by atoms with Crippen LogP contribution in [-0.2, 0) is 9.59 Å². The van der Waals surface area contributed by atoms with Crippen LogP contribution in [0.25, 0.3) is 6.08 Å². The van der Waals surface area contributed by atoms with Gasteiger partial charge in [0.2, 0.25) is 0 Å². The van der Waals surface area contributed by atoms with Gasteiger partial charge in [0.15, 0.2) is 18.1 Å². The first-order valence-electron chi connectivity index (χ1n) is 9.63. The topological polar surface area (TPSA) is 102 Å². The van der Waals surface area contributed by atoms with Gasteiger partial charge in [-0.15, -0.1) is 0 Å². The van der Waals surface area contributed by atoms with Crippen LogP contribution in [0.1, 0.15) is 12.5 Å². The van der Waals surface area contributed by atoms with Crippen LogP contribution in [-0.4, -0.2) is 53.5 Å². The number of aliphatic carboxylic acids is 1. The summed E-state index contributed by atoms with van der Waals surface area (Å²) in [5.74, 6) is -0.146. The molecule has 1 N–H and O–H groups in total. The zero-order valence-electron chi connectivity index (χ0n) is 17.1. The van der Waals surface area contributed by atoms with Crippen LogP contribution in [0.15, 0.2) is 47.4 Å². The highest BCUT2D eigenvalue weighted by Crippen LogP contribution is 2.37. The molecule has 32 heavy (non-hydrogen) atoms. The van der Waals surface area contributed by atoms with Gasteiger partial charge in [0, 0.05) is 0 Å². The summed E-state index contributed by atoms with van der Waals surface area (Å²) in [5.41, 5.74) is 0.631. The van der Waals surface area contributed by atoms with E-state index in [-0.39, 0.29) is 23.3 Å². The van der Waals surface area contributed by atoms with E-state index in [4.69, 9.17) is 19.3 Å². The number of hydrogen-bond donors (Lipinski definition) is 1. The lowest BCUT2D eigenvalue weighted by Gasteiger charge is -2.14. The Labute approximate surface area is 202 Å². The largest absolute Gasteiger partial charge is 0.492 e. The van der Waals surface area contributed by atoms with Crippen molar-refractivity contribution in [1.82, 2.24) is 4.90 Å². The highest BCUT2D eigenvalue weighted by atomic mass is 127. The molecular formula is C22H20INO7S. The van der Waals surface area contributed by atoms with Crippen molar-refractivity contribution in [2.45, 2.75) is 6.92 Å². The molecule has 0 saturated carbocycles. The number of amides is 2. The first-order valence-corrected chi connectivity index (χ1v) is 11.5. The fourth-order valence-electron chi connectivity index (χ4n) is 2.82. The van der Waals surface area contributed by atoms with Gasteiger partial charge in [-0.25, -0.2) is 4.79 Å². The van der Waals surface area contributed by atoms with Crippen molar-refractivity contribution >= 4 is 57.5 Å². The molecule has 1 fully saturated rings. The minimum Gasteiger partial charge on any atom is -0.492 e. The predicted octanol–water partition coefficient (Wildman–Crippen LogP) is 4.27. The highest BCUT2D eigenvalue weighted by Gasteiger charge is 2.35. The van der Waals surface area contributed by atoms with E-state index in [1.54, 1.807) is 37.3 Å². The summed E-state index contributed by atoms with van der Waals surface area (Å²) >= 11 is 2.87. The van der Waals surface area contributed by atoms with Crippen molar-refractivity contribution in [2.24, 2.45) is 0 Å². The number of nitrogens with zero attached hydrogens (tertiary/aromatic N) is 1. The number of thioether (sulfide) groups is 1. The van der Waals surface area contributed by atoms with E-state index in [9.17, 15) is 14.4 Å². The van der Waals surface area contributed by atoms with E-state index < -0.39 is 18.5 Å². The molecule has 2 amide bonds. The summed E-state index contributed by atoms with van der Waals surface area (Å²) in [6.07, 6.45) is 1.61. The molecule has 1 aliphatic heterocycles. The summed E-state index contributed by atoms with van der Waals surface area (Å²) in [4.78, 5) is 37.4. The molecule has 2 aromatic rings. The Morgan fingerprint density at radius 2 is 1.91 bits per heavy atom. The molecule has 0 aliphatic carbocycles. The fourth-order valence-corrected chi connectivity index (χ4v) is 4.47. The lowest BCUT2D eigenvalue weighted by atomic mass is 10.2. The molecule has 168 valence electrons. The molecular weight excluding hydrogens is 549 g/mol. The maximum atomic E-state index is 12.7. The van der Waals surface area contributed by atoms with Gasteiger partial charge in [-0.1, -0.05) is 18.2 Å². The van der Waals surface area contributed by atoms with Crippen LogP contribution in [0.4, 0.5) is 4.79 Å². The number of carbonyl (C=O) groups excluding carboxylic acids is 2. The Hall–Kier alpha value is -2.73. The van der Waals surface area contributed by atoms with Crippen LogP contribution in [0.5, 0.6) is 17.2 Å². The number of ether oxygens (including phenoxy) is 3. The second-order valence-electron chi connectivity index (χ2n) is 6.44. The van der Waals surface area contributed by atoms with Crippen LogP contribution in [0.2, 0.25) is 0 Å². The number of rotatable bonds is 10. The summed E-state index contributed by atoms with van der Waals surface area (Å²) in [7, 11) is 0. The second kappa shape index (κ2) is 11.2. The Bertz CT molecular complexity index is 1040. The molecule has 8 nitrogen and oxygen atoms in total. The van der Waals surface area contributed by atoms with Crippen LogP contribution < -0.4 is 14.2 Å². The second-order valence-corrected chi connectivity index (χ2v) is 8.60. The molecule has 1 heterocycles. The summed E-state index contributed by atoms with van der Waals surface area (Å²) in [6.45, 7) is 1.97. The molecule has 0 spiro atoms. The summed E-state index contributed by atoms with van der Waals surface area (Å²) in [6, 6.07) is 12.5. The standard InChI is InChI=1S/C22H20INO7S/c1-2-29-17-11-14(10-16(23)20(17)31-13-19(25)26)12-18-21(27)24(22(28)32-18)8-9-30-15-6-4-3-5-7-15/h3-7,10-12H,2,8-9,13H2,1H3,(H,25,26)/b18-12-. The molecule has 0 unspecified atom stereocenters. The van der Waals surface area contributed by atoms with Gasteiger partial charge >= 0.3 is 5.97 Å². The van der Waals surface area contributed by atoms with Crippen molar-refractivity contribution in [3.8, 4) is 17.2 Å². The van der Waals surface area contributed by atoms with E-state index in [0.717, 1.165) is 16.7 Å². The van der Waals surface area contributed by atoms with Gasteiger partial charge in [0.25, 0.3) is 11.1 Å². The smallest absolute Gasteiger partial charge is 0.341 e. The maximum absolute atomic E-state index is 12.7. The van der Waals surface area contributed by atoms with Crippen LogP contribution >= 0.6 is 34.4 Å². The average Bonchev–Trinajstić information content (AvgIpc) is 3.01. The van der Waals surface area contributed by atoms with Crippen LogP contribution in [0, 0.1) is 3.57 Å². The van der Waals surface area contributed by atoms with E-state index in [1.807, 2.05) is 40.8 Å². The predicted molar refractivity (Wildman–Crippen MR) is 128 cm³/mol. The monoisotopic (exact) mass is 569 g/mol. The van der Waals surface area contributed by atoms with E-state index in [0.29, 0.717) is 33.0 Å². The third-order valence-corrected chi connectivity index (χ3v) is 5.88. The van der Waals surface area contributed by atoms with Gasteiger partial charge in [-0.2, -0.15) is 0 Å². The summed E-state index contributed by atoms with van der Waals surface area (Å²) in [5, 5.41) is 8.51. The van der Waals surface area contributed by atoms with Gasteiger partial charge in [-0.3, -0.25) is 14.5 Å². The minimum atomic E-state index is -1.10. The molecule has 0 atom stereocenters. The number of carboxylic acid groups (broad SMARTS) is 1. The maximum Gasteiger partial charge on any atom is 0.341 e.